The summed E-state index contributed by atoms with van der Waals surface area (Å²) in [7, 11) is 0. The molecule has 126 valence electrons. The second-order valence-corrected chi connectivity index (χ2v) is 6.31. The fourth-order valence-electron chi connectivity index (χ4n) is 3.64. The Kier molecular flexibility index (Phi) is 2.98. The molecular formula is C20H14N4O2. The molecule has 1 aliphatic rings. The number of benzene rings is 2. The molecule has 4 N–H and O–H groups in total. The molecule has 2 aromatic carbocycles. The van der Waals surface area contributed by atoms with E-state index in [1.54, 1.807) is 0 Å². The molecule has 0 amide bonds. The van der Waals surface area contributed by atoms with Crippen molar-refractivity contribution in [3.05, 3.63) is 71.5 Å². The SMILES string of the molecule is N[C@@H]1c2ccccc2-c2c(-c3nc4cc(C(=O)O)ncc4[nH]3)cccc21. The van der Waals surface area contributed by atoms with Crippen molar-refractivity contribution in [2.75, 3.05) is 0 Å². The predicted octanol–water partition coefficient (Wildman–Crippen LogP) is 3.35. The van der Waals surface area contributed by atoms with Gasteiger partial charge in [-0.2, -0.15) is 0 Å². The van der Waals surface area contributed by atoms with Gasteiger partial charge < -0.3 is 15.8 Å². The van der Waals surface area contributed by atoms with Crippen LogP contribution >= 0.6 is 0 Å². The highest BCUT2D eigenvalue weighted by Gasteiger charge is 2.28. The fraction of sp³-hybridized carbons (Fsp3) is 0.0500. The first-order chi connectivity index (χ1) is 12.6. The average Bonchev–Trinajstić information content (AvgIpc) is 3.21. The van der Waals surface area contributed by atoms with E-state index in [2.05, 4.69) is 21.0 Å². The molecule has 6 heteroatoms. The van der Waals surface area contributed by atoms with Crippen LogP contribution in [0.15, 0.2) is 54.7 Å². The number of aromatic carboxylic acids is 1. The van der Waals surface area contributed by atoms with E-state index < -0.39 is 5.97 Å². The highest BCUT2D eigenvalue weighted by molar-refractivity contribution is 5.93. The maximum atomic E-state index is 11.1. The van der Waals surface area contributed by atoms with E-state index in [1.807, 2.05) is 36.4 Å². The first kappa shape index (κ1) is 14.8. The summed E-state index contributed by atoms with van der Waals surface area (Å²) in [5, 5.41) is 9.12. The second-order valence-electron chi connectivity index (χ2n) is 6.31. The molecule has 0 bridgehead atoms. The molecule has 6 nitrogen and oxygen atoms in total. The number of H-pyrrole nitrogens is 1. The minimum atomic E-state index is -1.07. The monoisotopic (exact) mass is 342 g/mol. The largest absolute Gasteiger partial charge is 0.477 e. The lowest BCUT2D eigenvalue weighted by molar-refractivity contribution is 0.0690. The van der Waals surface area contributed by atoms with Gasteiger partial charge in [-0.05, 0) is 28.3 Å². The lowest BCUT2D eigenvalue weighted by Gasteiger charge is -2.08. The number of pyridine rings is 1. The summed E-state index contributed by atoms with van der Waals surface area (Å²) >= 11 is 0. The number of hydrogen-bond donors (Lipinski definition) is 3. The molecule has 4 aromatic rings. The van der Waals surface area contributed by atoms with Crippen molar-refractivity contribution in [1.29, 1.82) is 0 Å². The minimum absolute atomic E-state index is 0.0267. The third kappa shape index (κ3) is 1.99. The van der Waals surface area contributed by atoms with Gasteiger partial charge in [-0.3, -0.25) is 0 Å². The maximum absolute atomic E-state index is 11.1. The van der Waals surface area contributed by atoms with Gasteiger partial charge in [-0.1, -0.05) is 42.5 Å². The van der Waals surface area contributed by atoms with Gasteiger partial charge in [0.2, 0.25) is 0 Å². The van der Waals surface area contributed by atoms with Crippen LogP contribution in [0.5, 0.6) is 0 Å². The molecule has 0 fully saturated rings. The predicted molar refractivity (Wildman–Crippen MR) is 97.8 cm³/mol. The second kappa shape index (κ2) is 5.24. The van der Waals surface area contributed by atoms with Crippen LogP contribution in [0.1, 0.15) is 27.7 Å². The van der Waals surface area contributed by atoms with Crippen LogP contribution in [0, 0.1) is 0 Å². The Labute approximate surface area is 148 Å². The van der Waals surface area contributed by atoms with E-state index >= 15 is 0 Å². The smallest absolute Gasteiger partial charge is 0.354 e. The van der Waals surface area contributed by atoms with Crippen molar-refractivity contribution in [2.45, 2.75) is 6.04 Å². The first-order valence-corrected chi connectivity index (χ1v) is 8.20. The molecule has 0 saturated carbocycles. The van der Waals surface area contributed by atoms with E-state index in [0.717, 1.165) is 27.8 Å². The van der Waals surface area contributed by atoms with Crippen LogP contribution in [-0.4, -0.2) is 26.0 Å². The number of imidazole rings is 1. The standard InChI is InChI=1S/C20H14N4O2/c21-18-11-5-2-1-4-10(11)17-12(18)6-3-7-13(17)19-23-14-8-15(20(25)26)22-9-16(14)24-19/h1-9,18H,21H2,(H,23,24)(H,25,26)/t18-/m1/s1. The number of nitrogens with two attached hydrogens (primary N) is 1. The molecule has 1 atom stereocenters. The number of carboxylic acid groups (broad SMARTS) is 1. The van der Waals surface area contributed by atoms with Crippen molar-refractivity contribution >= 4 is 17.0 Å². The number of nitrogens with zero attached hydrogens (tertiary/aromatic N) is 2. The fourth-order valence-corrected chi connectivity index (χ4v) is 3.64. The van der Waals surface area contributed by atoms with Crippen molar-refractivity contribution in [3.8, 4) is 22.5 Å². The molecule has 0 radical (unpaired) electrons. The zero-order valence-corrected chi connectivity index (χ0v) is 13.6. The molecule has 0 spiro atoms. The normalized spacial score (nSPS) is 15.0. The quantitative estimate of drug-likeness (QED) is 0.518. The average molecular weight is 342 g/mol. The maximum Gasteiger partial charge on any atom is 0.354 e. The highest BCUT2D eigenvalue weighted by atomic mass is 16.4. The molecule has 2 heterocycles. The van der Waals surface area contributed by atoms with Crippen molar-refractivity contribution in [1.82, 2.24) is 15.0 Å². The third-order valence-corrected chi connectivity index (χ3v) is 4.84. The molecule has 26 heavy (non-hydrogen) atoms. The number of aromatic nitrogens is 3. The lowest BCUT2D eigenvalue weighted by Crippen LogP contribution is -2.07. The number of hydrogen-bond acceptors (Lipinski definition) is 4. The van der Waals surface area contributed by atoms with E-state index in [0.29, 0.717) is 16.9 Å². The summed E-state index contributed by atoms with van der Waals surface area (Å²) in [5.74, 6) is -0.401. The van der Waals surface area contributed by atoms with Gasteiger partial charge in [0.15, 0.2) is 0 Å². The summed E-state index contributed by atoms with van der Waals surface area (Å²) in [6.07, 6.45) is 1.50. The Hall–Kier alpha value is -3.51. The van der Waals surface area contributed by atoms with Crippen molar-refractivity contribution < 1.29 is 9.90 Å². The Balaban J connectivity index is 1.74. The van der Waals surface area contributed by atoms with E-state index in [4.69, 9.17) is 10.8 Å². The molecule has 2 aromatic heterocycles. The van der Waals surface area contributed by atoms with Crippen LogP contribution in [0.25, 0.3) is 33.5 Å². The number of carbonyl (C=O) groups is 1. The number of aromatic amines is 1. The van der Waals surface area contributed by atoms with Gasteiger partial charge in [0, 0.05) is 5.56 Å². The van der Waals surface area contributed by atoms with Gasteiger partial charge in [-0.15, -0.1) is 0 Å². The number of nitrogens with one attached hydrogen (secondary N) is 1. The minimum Gasteiger partial charge on any atom is -0.477 e. The summed E-state index contributed by atoms with van der Waals surface area (Å²) in [5.41, 5.74) is 12.9. The highest BCUT2D eigenvalue weighted by Crippen LogP contribution is 2.46. The van der Waals surface area contributed by atoms with Gasteiger partial charge >= 0.3 is 5.97 Å². The molecule has 1 aliphatic carbocycles. The molecular weight excluding hydrogens is 328 g/mol. The van der Waals surface area contributed by atoms with Crippen LogP contribution in [0.3, 0.4) is 0 Å². The van der Waals surface area contributed by atoms with Gasteiger partial charge in [0.25, 0.3) is 0 Å². The van der Waals surface area contributed by atoms with Crippen LogP contribution in [0.4, 0.5) is 0 Å². The van der Waals surface area contributed by atoms with Crippen LogP contribution in [-0.2, 0) is 0 Å². The summed E-state index contributed by atoms with van der Waals surface area (Å²) < 4.78 is 0. The molecule has 0 aliphatic heterocycles. The number of carboxylic acids is 1. The summed E-state index contributed by atoms with van der Waals surface area (Å²) in [6.45, 7) is 0. The third-order valence-electron chi connectivity index (χ3n) is 4.84. The Morgan fingerprint density at radius 2 is 1.85 bits per heavy atom. The van der Waals surface area contributed by atoms with Crippen molar-refractivity contribution in [3.63, 3.8) is 0 Å². The van der Waals surface area contributed by atoms with Gasteiger partial charge in [0.05, 0.1) is 23.3 Å². The van der Waals surface area contributed by atoms with E-state index in [9.17, 15) is 4.79 Å². The molecule has 0 unspecified atom stereocenters. The van der Waals surface area contributed by atoms with E-state index in [-0.39, 0.29) is 11.7 Å². The Morgan fingerprint density at radius 3 is 2.69 bits per heavy atom. The molecule has 5 rings (SSSR count). The Bertz CT molecular complexity index is 1200. The lowest BCUT2D eigenvalue weighted by atomic mass is 9.99. The van der Waals surface area contributed by atoms with Crippen LogP contribution in [0.2, 0.25) is 0 Å². The van der Waals surface area contributed by atoms with Crippen molar-refractivity contribution in [2.24, 2.45) is 5.73 Å². The molecule has 0 saturated heterocycles. The topological polar surface area (TPSA) is 105 Å². The first-order valence-electron chi connectivity index (χ1n) is 8.20. The number of rotatable bonds is 2. The number of fused-ring (bicyclic) bond motifs is 4. The van der Waals surface area contributed by atoms with Gasteiger partial charge in [-0.25, -0.2) is 14.8 Å². The van der Waals surface area contributed by atoms with Crippen LogP contribution < -0.4 is 5.73 Å². The van der Waals surface area contributed by atoms with E-state index in [1.165, 1.54) is 12.3 Å². The Morgan fingerprint density at radius 1 is 1.08 bits per heavy atom. The zero-order valence-electron chi connectivity index (χ0n) is 13.6. The zero-order chi connectivity index (χ0) is 17.8. The summed E-state index contributed by atoms with van der Waals surface area (Å²) in [6, 6.07) is 15.4. The summed E-state index contributed by atoms with van der Waals surface area (Å²) in [4.78, 5) is 22.9. The van der Waals surface area contributed by atoms with Gasteiger partial charge in [0.1, 0.15) is 11.5 Å².